The first-order valence-corrected chi connectivity index (χ1v) is 4.49. The van der Waals surface area contributed by atoms with Gasteiger partial charge in [0.05, 0.1) is 12.4 Å². The van der Waals surface area contributed by atoms with Crippen LogP contribution in [0.25, 0.3) is 0 Å². The minimum atomic E-state index is 0. The zero-order valence-electron chi connectivity index (χ0n) is 6.99. The van der Waals surface area contributed by atoms with E-state index in [4.69, 9.17) is 4.74 Å². The lowest BCUT2D eigenvalue weighted by Crippen LogP contribution is -2.00. The van der Waals surface area contributed by atoms with E-state index in [1.54, 1.807) is 18.3 Å². The Bertz CT molecular complexity index is 291. The molecule has 13 heavy (non-hydrogen) atoms. The van der Waals surface area contributed by atoms with Crippen LogP contribution in [0.15, 0.2) is 18.3 Å². The molecule has 72 valence electrons. The SMILES string of the molecule is Br.COc1cc(C(=O)CBr)ccn1. The molecule has 1 heterocycles. The average Bonchev–Trinajstić information content (AvgIpc) is 2.17. The molecule has 5 heteroatoms. The van der Waals surface area contributed by atoms with E-state index in [-0.39, 0.29) is 22.8 Å². The molecule has 0 spiro atoms. The van der Waals surface area contributed by atoms with E-state index in [2.05, 4.69) is 20.9 Å². The van der Waals surface area contributed by atoms with Crippen molar-refractivity contribution in [2.75, 3.05) is 12.4 Å². The molecule has 0 radical (unpaired) electrons. The highest BCUT2D eigenvalue weighted by molar-refractivity contribution is 9.09. The minimum Gasteiger partial charge on any atom is -0.481 e. The summed E-state index contributed by atoms with van der Waals surface area (Å²) < 4.78 is 4.87. The first kappa shape index (κ1) is 12.6. The Balaban J connectivity index is 0.00000144. The summed E-state index contributed by atoms with van der Waals surface area (Å²) in [6.45, 7) is 0. The lowest BCUT2D eigenvalue weighted by atomic mass is 10.2. The van der Waals surface area contributed by atoms with Crippen molar-refractivity contribution in [2.24, 2.45) is 0 Å². The summed E-state index contributed by atoms with van der Waals surface area (Å²) in [5, 5.41) is 0.320. The van der Waals surface area contributed by atoms with Crippen molar-refractivity contribution >= 4 is 38.7 Å². The normalized spacial score (nSPS) is 8.77. The van der Waals surface area contributed by atoms with E-state index in [1.807, 2.05) is 0 Å². The van der Waals surface area contributed by atoms with E-state index < -0.39 is 0 Å². The Labute approximate surface area is 95.4 Å². The molecule has 0 unspecified atom stereocenters. The third kappa shape index (κ3) is 3.44. The molecule has 0 saturated carbocycles. The van der Waals surface area contributed by atoms with Gasteiger partial charge >= 0.3 is 0 Å². The van der Waals surface area contributed by atoms with Crippen molar-refractivity contribution in [1.82, 2.24) is 4.98 Å². The number of ether oxygens (including phenoxy) is 1. The molecule has 0 N–H and O–H groups in total. The third-order valence-corrected chi connectivity index (χ3v) is 1.90. The van der Waals surface area contributed by atoms with Crippen LogP contribution in [-0.2, 0) is 0 Å². The van der Waals surface area contributed by atoms with Gasteiger partial charge in [-0.25, -0.2) is 4.98 Å². The van der Waals surface area contributed by atoms with Gasteiger partial charge in [-0.05, 0) is 6.07 Å². The highest BCUT2D eigenvalue weighted by atomic mass is 79.9. The second-order valence-corrected chi connectivity index (χ2v) is 2.70. The minimum absolute atomic E-state index is 0. The number of aromatic nitrogens is 1. The lowest BCUT2D eigenvalue weighted by molar-refractivity contribution is 0.102. The fourth-order valence-electron chi connectivity index (χ4n) is 0.772. The van der Waals surface area contributed by atoms with Crippen molar-refractivity contribution < 1.29 is 9.53 Å². The van der Waals surface area contributed by atoms with Crippen LogP contribution in [0.3, 0.4) is 0 Å². The first-order chi connectivity index (χ1) is 5.77. The van der Waals surface area contributed by atoms with Gasteiger partial charge in [0, 0.05) is 17.8 Å². The maximum atomic E-state index is 11.2. The van der Waals surface area contributed by atoms with Gasteiger partial charge in [0.25, 0.3) is 0 Å². The number of carbonyl (C=O) groups excluding carboxylic acids is 1. The van der Waals surface area contributed by atoms with Gasteiger partial charge in [-0.15, -0.1) is 17.0 Å². The van der Waals surface area contributed by atoms with Crippen LogP contribution in [0.2, 0.25) is 0 Å². The first-order valence-electron chi connectivity index (χ1n) is 3.37. The van der Waals surface area contributed by atoms with Gasteiger partial charge in [-0.3, -0.25) is 4.79 Å². The standard InChI is InChI=1S/C8H8BrNO2.BrH/c1-12-8-4-6(2-3-10-8)7(11)5-9;/h2-4H,5H2,1H3;1H. The number of hydrogen-bond acceptors (Lipinski definition) is 3. The Morgan fingerprint density at radius 1 is 1.69 bits per heavy atom. The zero-order valence-corrected chi connectivity index (χ0v) is 10.3. The second kappa shape index (κ2) is 6.10. The molecule has 0 aliphatic carbocycles. The van der Waals surface area contributed by atoms with E-state index in [9.17, 15) is 4.79 Å². The van der Waals surface area contributed by atoms with Crippen LogP contribution in [0.4, 0.5) is 0 Å². The largest absolute Gasteiger partial charge is 0.481 e. The van der Waals surface area contributed by atoms with E-state index in [0.717, 1.165) is 0 Å². The van der Waals surface area contributed by atoms with Crippen LogP contribution < -0.4 is 4.74 Å². The van der Waals surface area contributed by atoms with Crippen LogP contribution in [0.5, 0.6) is 5.88 Å². The van der Waals surface area contributed by atoms with E-state index in [0.29, 0.717) is 16.8 Å². The number of hydrogen-bond donors (Lipinski definition) is 0. The molecule has 0 aliphatic heterocycles. The van der Waals surface area contributed by atoms with Gasteiger partial charge in [0.15, 0.2) is 5.78 Å². The number of methoxy groups -OCH3 is 1. The highest BCUT2D eigenvalue weighted by Gasteiger charge is 2.04. The summed E-state index contributed by atoms with van der Waals surface area (Å²) in [5.41, 5.74) is 0.610. The summed E-state index contributed by atoms with van der Waals surface area (Å²) in [6.07, 6.45) is 1.55. The van der Waals surface area contributed by atoms with Crippen molar-refractivity contribution in [3.8, 4) is 5.88 Å². The molecule has 1 aromatic heterocycles. The molecular formula is C8H9Br2NO2. The molecule has 0 amide bonds. The maximum absolute atomic E-state index is 11.2. The summed E-state index contributed by atoms with van der Waals surface area (Å²) >= 11 is 3.09. The number of nitrogens with zero attached hydrogens (tertiary/aromatic N) is 1. The van der Waals surface area contributed by atoms with Crippen LogP contribution in [-0.4, -0.2) is 23.2 Å². The number of ketones is 1. The summed E-state index contributed by atoms with van der Waals surface area (Å²) in [5.74, 6) is 0.484. The summed E-state index contributed by atoms with van der Waals surface area (Å²) in [4.78, 5) is 15.0. The fourth-order valence-corrected chi connectivity index (χ4v) is 1.10. The van der Waals surface area contributed by atoms with Gasteiger partial charge in [0.1, 0.15) is 0 Å². The Hall–Kier alpha value is -0.420. The molecule has 0 bridgehead atoms. The summed E-state index contributed by atoms with van der Waals surface area (Å²) in [7, 11) is 1.52. The topological polar surface area (TPSA) is 39.2 Å². The van der Waals surface area contributed by atoms with Crippen molar-refractivity contribution in [2.45, 2.75) is 0 Å². The number of pyridine rings is 1. The number of Topliss-reactive ketones (excluding diaryl/α,β-unsaturated/α-hetero) is 1. The van der Waals surface area contributed by atoms with Gasteiger partial charge in [0.2, 0.25) is 5.88 Å². The van der Waals surface area contributed by atoms with Gasteiger partial charge < -0.3 is 4.74 Å². The van der Waals surface area contributed by atoms with Crippen LogP contribution >= 0.6 is 32.9 Å². The van der Waals surface area contributed by atoms with E-state index >= 15 is 0 Å². The maximum Gasteiger partial charge on any atom is 0.213 e. The fraction of sp³-hybridized carbons (Fsp3) is 0.250. The molecule has 0 atom stereocenters. The Morgan fingerprint density at radius 3 is 2.92 bits per heavy atom. The molecule has 0 saturated heterocycles. The Kier molecular flexibility index (Phi) is 5.90. The third-order valence-electron chi connectivity index (χ3n) is 1.39. The number of carbonyl (C=O) groups is 1. The Morgan fingerprint density at radius 2 is 2.38 bits per heavy atom. The van der Waals surface area contributed by atoms with Crippen LogP contribution in [0, 0.1) is 0 Å². The molecule has 1 rings (SSSR count). The van der Waals surface area contributed by atoms with Gasteiger partial charge in [-0.2, -0.15) is 0 Å². The lowest BCUT2D eigenvalue weighted by Gasteiger charge is -1.99. The molecule has 0 aliphatic rings. The number of rotatable bonds is 3. The summed E-state index contributed by atoms with van der Waals surface area (Å²) in [6, 6.07) is 3.27. The van der Waals surface area contributed by atoms with Crippen molar-refractivity contribution in [1.29, 1.82) is 0 Å². The second-order valence-electron chi connectivity index (χ2n) is 2.14. The quantitative estimate of drug-likeness (QED) is 0.635. The molecular weight excluding hydrogens is 302 g/mol. The van der Waals surface area contributed by atoms with Crippen molar-refractivity contribution in [3.63, 3.8) is 0 Å². The molecule has 0 aromatic carbocycles. The van der Waals surface area contributed by atoms with Crippen molar-refractivity contribution in [3.05, 3.63) is 23.9 Å². The number of alkyl halides is 1. The molecule has 1 aromatic rings. The average molecular weight is 311 g/mol. The molecule has 0 fully saturated rings. The predicted octanol–water partition coefficient (Wildman–Crippen LogP) is 2.25. The zero-order chi connectivity index (χ0) is 8.97. The van der Waals surface area contributed by atoms with Crippen LogP contribution in [0.1, 0.15) is 10.4 Å². The smallest absolute Gasteiger partial charge is 0.213 e. The predicted molar refractivity (Wildman–Crippen MR) is 59.2 cm³/mol. The van der Waals surface area contributed by atoms with E-state index in [1.165, 1.54) is 7.11 Å². The van der Waals surface area contributed by atoms with Gasteiger partial charge in [-0.1, -0.05) is 15.9 Å². The monoisotopic (exact) mass is 309 g/mol. The number of halogens is 2. The highest BCUT2D eigenvalue weighted by Crippen LogP contribution is 2.09. The molecule has 3 nitrogen and oxygen atoms in total.